The van der Waals surface area contributed by atoms with Crippen LogP contribution in [0.4, 0.5) is 5.69 Å². The van der Waals surface area contributed by atoms with Crippen molar-refractivity contribution in [3.8, 4) is 0 Å². The fourth-order valence-electron chi connectivity index (χ4n) is 1.78. The molecule has 106 valence electrons. The van der Waals surface area contributed by atoms with Crippen molar-refractivity contribution in [2.24, 2.45) is 0 Å². The van der Waals surface area contributed by atoms with Crippen LogP contribution in [0.2, 0.25) is 5.02 Å². The van der Waals surface area contributed by atoms with E-state index in [1.54, 1.807) is 12.1 Å². The molecule has 2 aromatic rings. The zero-order valence-electron chi connectivity index (χ0n) is 11.0. The summed E-state index contributed by atoms with van der Waals surface area (Å²) < 4.78 is 26.9. The molecule has 0 aliphatic carbocycles. The van der Waals surface area contributed by atoms with Crippen LogP contribution in [-0.2, 0) is 16.4 Å². The first-order valence-corrected chi connectivity index (χ1v) is 8.10. The first kappa shape index (κ1) is 14.8. The lowest BCUT2D eigenvalue weighted by Gasteiger charge is -2.09. The minimum Gasteiger partial charge on any atom is -0.277 e. The number of anilines is 1. The minimum atomic E-state index is -3.64. The highest BCUT2D eigenvalue weighted by Crippen LogP contribution is 2.23. The molecule has 0 aliphatic heterocycles. The highest BCUT2D eigenvalue weighted by Gasteiger charge is 2.15. The van der Waals surface area contributed by atoms with Gasteiger partial charge in [0.15, 0.2) is 0 Å². The number of aromatic nitrogens is 1. The maximum Gasteiger partial charge on any atom is 0.261 e. The molecule has 0 radical (unpaired) electrons. The molecule has 1 aromatic carbocycles. The van der Waals surface area contributed by atoms with Crippen molar-refractivity contribution in [1.29, 1.82) is 0 Å². The van der Waals surface area contributed by atoms with E-state index in [-0.39, 0.29) is 10.6 Å². The van der Waals surface area contributed by atoms with Crippen molar-refractivity contribution in [1.82, 2.24) is 4.98 Å². The third-order valence-electron chi connectivity index (χ3n) is 2.78. The summed E-state index contributed by atoms with van der Waals surface area (Å²) in [6.07, 6.45) is 4.84. The van der Waals surface area contributed by atoms with E-state index in [1.807, 2.05) is 12.1 Å². The quantitative estimate of drug-likeness (QED) is 0.919. The summed E-state index contributed by atoms with van der Waals surface area (Å²) in [4.78, 5) is 4.06. The number of sulfonamides is 1. The Bertz CT molecular complexity index is 685. The number of nitrogens with zero attached hydrogens (tertiary/aromatic N) is 1. The Morgan fingerprint density at radius 3 is 2.50 bits per heavy atom. The molecule has 1 aromatic heterocycles. The first-order valence-electron chi connectivity index (χ1n) is 6.24. The maximum atomic E-state index is 12.2. The molecule has 4 nitrogen and oxygen atoms in total. The van der Waals surface area contributed by atoms with Crippen LogP contribution in [0, 0.1) is 0 Å². The predicted molar refractivity (Wildman–Crippen MR) is 80.5 cm³/mol. The number of rotatable bonds is 5. The lowest BCUT2D eigenvalue weighted by atomic mass is 10.1. The van der Waals surface area contributed by atoms with Gasteiger partial charge in [0.05, 0.1) is 21.8 Å². The van der Waals surface area contributed by atoms with Gasteiger partial charge in [-0.15, -0.1) is 0 Å². The fraction of sp³-hybridized carbons (Fsp3) is 0.214. The number of aryl methyl sites for hydroxylation is 1. The number of hydrogen-bond acceptors (Lipinski definition) is 3. The van der Waals surface area contributed by atoms with Crippen LogP contribution in [0.1, 0.15) is 18.9 Å². The van der Waals surface area contributed by atoms with Crippen LogP contribution in [0.5, 0.6) is 0 Å². The highest BCUT2D eigenvalue weighted by molar-refractivity contribution is 7.92. The molecule has 1 heterocycles. The molecule has 2 rings (SSSR count). The van der Waals surface area contributed by atoms with Gasteiger partial charge < -0.3 is 0 Å². The second-order valence-electron chi connectivity index (χ2n) is 4.35. The van der Waals surface area contributed by atoms with E-state index in [1.165, 1.54) is 18.5 Å². The van der Waals surface area contributed by atoms with Gasteiger partial charge in [-0.2, -0.15) is 0 Å². The van der Waals surface area contributed by atoms with Gasteiger partial charge in [-0.1, -0.05) is 37.1 Å². The van der Waals surface area contributed by atoms with Crippen LogP contribution < -0.4 is 4.72 Å². The zero-order chi connectivity index (χ0) is 14.6. The summed E-state index contributed by atoms with van der Waals surface area (Å²) in [6.45, 7) is 2.08. The van der Waals surface area contributed by atoms with Crippen molar-refractivity contribution in [3.63, 3.8) is 0 Å². The van der Waals surface area contributed by atoms with E-state index in [0.29, 0.717) is 5.02 Å². The Labute approximate surface area is 123 Å². The lowest BCUT2D eigenvalue weighted by molar-refractivity contribution is 0.601. The van der Waals surface area contributed by atoms with Crippen LogP contribution >= 0.6 is 11.6 Å². The van der Waals surface area contributed by atoms with Crippen molar-refractivity contribution in [2.75, 3.05) is 4.72 Å². The first-order chi connectivity index (χ1) is 9.53. The molecule has 0 saturated carbocycles. The molecule has 0 atom stereocenters. The van der Waals surface area contributed by atoms with Crippen LogP contribution in [0.25, 0.3) is 0 Å². The van der Waals surface area contributed by atoms with Crippen LogP contribution in [-0.4, -0.2) is 13.4 Å². The molecule has 1 N–H and O–H groups in total. The fourth-order valence-corrected chi connectivity index (χ4v) is 3.05. The van der Waals surface area contributed by atoms with Crippen molar-refractivity contribution >= 4 is 27.3 Å². The molecule has 0 saturated heterocycles. The van der Waals surface area contributed by atoms with Crippen molar-refractivity contribution in [2.45, 2.75) is 24.7 Å². The highest BCUT2D eigenvalue weighted by atomic mass is 35.5. The average molecular weight is 311 g/mol. The number of halogens is 1. The summed E-state index contributed by atoms with van der Waals surface area (Å²) in [7, 11) is -3.64. The van der Waals surface area contributed by atoms with E-state index in [0.717, 1.165) is 18.4 Å². The summed E-state index contributed by atoms with van der Waals surface area (Å²) in [6, 6.07) is 8.37. The molecule has 0 unspecified atom stereocenters. The number of hydrogen-bond donors (Lipinski definition) is 1. The van der Waals surface area contributed by atoms with Crippen molar-refractivity contribution in [3.05, 3.63) is 53.3 Å². The summed E-state index contributed by atoms with van der Waals surface area (Å²) in [5.41, 5.74) is 1.39. The molecular weight excluding hydrogens is 296 g/mol. The summed E-state index contributed by atoms with van der Waals surface area (Å²) >= 11 is 5.92. The molecule has 20 heavy (non-hydrogen) atoms. The van der Waals surface area contributed by atoms with Gasteiger partial charge in [0.1, 0.15) is 0 Å². The van der Waals surface area contributed by atoms with E-state index < -0.39 is 10.0 Å². The van der Waals surface area contributed by atoms with Gasteiger partial charge in [-0.3, -0.25) is 9.71 Å². The summed E-state index contributed by atoms with van der Waals surface area (Å²) in [5.74, 6) is 0. The standard InChI is InChI=1S/C14H15ClN2O2S/c1-2-3-11-4-6-12(7-5-11)20(18,19)17-14-10-16-9-8-13(14)15/h4-10,17H,2-3H2,1H3. The Morgan fingerprint density at radius 2 is 1.90 bits per heavy atom. The van der Waals surface area contributed by atoms with Gasteiger partial charge in [0.25, 0.3) is 10.0 Å². The van der Waals surface area contributed by atoms with Gasteiger partial charge in [0, 0.05) is 6.20 Å². The zero-order valence-corrected chi connectivity index (χ0v) is 12.6. The summed E-state index contributed by atoms with van der Waals surface area (Å²) in [5, 5.41) is 0.311. The molecule has 0 amide bonds. The van der Waals surface area contributed by atoms with Gasteiger partial charge >= 0.3 is 0 Å². The number of benzene rings is 1. The molecule has 6 heteroatoms. The third-order valence-corrected chi connectivity index (χ3v) is 4.50. The number of nitrogens with one attached hydrogen (secondary N) is 1. The molecular formula is C14H15ClN2O2S. The van der Waals surface area contributed by atoms with Crippen molar-refractivity contribution < 1.29 is 8.42 Å². The second-order valence-corrected chi connectivity index (χ2v) is 6.44. The monoisotopic (exact) mass is 310 g/mol. The maximum absolute atomic E-state index is 12.2. The normalized spacial score (nSPS) is 11.3. The Kier molecular flexibility index (Phi) is 4.62. The third kappa shape index (κ3) is 3.49. The smallest absolute Gasteiger partial charge is 0.261 e. The van der Waals surface area contributed by atoms with E-state index in [2.05, 4.69) is 16.6 Å². The molecule has 0 fully saturated rings. The Balaban J connectivity index is 2.24. The Morgan fingerprint density at radius 1 is 1.20 bits per heavy atom. The van der Waals surface area contributed by atoms with Gasteiger partial charge in [0.2, 0.25) is 0 Å². The van der Waals surface area contributed by atoms with Crippen LogP contribution in [0.15, 0.2) is 47.6 Å². The minimum absolute atomic E-state index is 0.206. The van der Waals surface area contributed by atoms with Crippen LogP contribution in [0.3, 0.4) is 0 Å². The van der Waals surface area contributed by atoms with Gasteiger partial charge in [-0.05, 0) is 30.2 Å². The van der Waals surface area contributed by atoms with E-state index in [4.69, 9.17) is 11.6 Å². The lowest BCUT2D eigenvalue weighted by Crippen LogP contribution is -2.13. The van der Waals surface area contributed by atoms with E-state index >= 15 is 0 Å². The number of pyridine rings is 1. The SMILES string of the molecule is CCCc1ccc(S(=O)(=O)Nc2cnccc2Cl)cc1. The molecule has 0 aliphatic rings. The topological polar surface area (TPSA) is 59.1 Å². The van der Waals surface area contributed by atoms with E-state index in [9.17, 15) is 8.42 Å². The Hall–Kier alpha value is -1.59. The largest absolute Gasteiger partial charge is 0.277 e. The van der Waals surface area contributed by atoms with Gasteiger partial charge in [-0.25, -0.2) is 8.42 Å². The predicted octanol–water partition coefficient (Wildman–Crippen LogP) is 3.49. The second kappa shape index (κ2) is 6.24. The molecule has 0 spiro atoms. The average Bonchev–Trinajstić information content (AvgIpc) is 2.42. The molecule has 0 bridgehead atoms.